The number of nitrogens with zero attached hydrogens (tertiary/aromatic N) is 1. The zero-order valence-electron chi connectivity index (χ0n) is 13.5. The minimum atomic E-state index is -2.63. The third-order valence-electron chi connectivity index (χ3n) is 3.10. The van der Waals surface area contributed by atoms with Crippen LogP contribution < -0.4 is 14.8 Å². The largest absolute Gasteiger partial charge is 0.496 e. The van der Waals surface area contributed by atoms with Crippen LogP contribution in [0, 0.1) is 10.1 Å². The van der Waals surface area contributed by atoms with Gasteiger partial charge in [0.05, 0.1) is 23.8 Å². The highest BCUT2D eigenvalue weighted by Gasteiger charge is 2.18. The SMILES string of the molecule is COc1ccc(OCC(=O)Nc2ccccc2SC(F)F)c([N+](=O)[O-])c1. The summed E-state index contributed by atoms with van der Waals surface area (Å²) in [6.07, 6.45) is 0. The molecule has 0 radical (unpaired) electrons. The van der Waals surface area contributed by atoms with E-state index in [-0.39, 0.29) is 27.8 Å². The number of hydrogen-bond acceptors (Lipinski definition) is 6. The summed E-state index contributed by atoms with van der Waals surface area (Å²) in [5.74, 6) is -3.11. The molecule has 0 saturated carbocycles. The zero-order chi connectivity index (χ0) is 19.1. The Labute approximate surface area is 151 Å². The summed E-state index contributed by atoms with van der Waals surface area (Å²) in [5.41, 5.74) is -0.151. The Morgan fingerprint density at radius 3 is 2.69 bits per heavy atom. The van der Waals surface area contributed by atoms with Crippen molar-refractivity contribution in [2.45, 2.75) is 10.7 Å². The number of anilines is 1. The maximum atomic E-state index is 12.5. The van der Waals surface area contributed by atoms with Crippen LogP contribution in [0.15, 0.2) is 47.4 Å². The third kappa shape index (κ3) is 5.31. The van der Waals surface area contributed by atoms with E-state index in [1.54, 1.807) is 12.1 Å². The number of nitro groups is 1. The van der Waals surface area contributed by atoms with E-state index in [0.29, 0.717) is 11.8 Å². The molecule has 2 aromatic rings. The van der Waals surface area contributed by atoms with Gasteiger partial charge in [0.2, 0.25) is 0 Å². The molecule has 1 amide bonds. The van der Waals surface area contributed by atoms with Crippen molar-refractivity contribution in [1.82, 2.24) is 0 Å². The minimum absolute atomic E-state index is 0.110. The quantitative estimate of drug-likeness (QED) is 0.421. The van der Waals surface area contributed by atoms with Crippen molar-refractivity contribution in [3.8, 4) is 11.5 Å². The zero-order valence-corrected chi connectivity index (χ0v) is 14.3. The number of para-hydroxylation sites is 1. The van der Waals surface area contributed by atoms with Gasteiger partial charge in [0.1, 0.15) is 5.75 Å². The van der Waals surface area contributed by atoms with Gasteiger partial charge in [-0.1, -0.05) is 23.9 Å². The first-order valence-electron chi connectivity index (χ1n) is 7.19. The monoisotopic (exact) mass is 384 g/mol. The molecule has 10 heteroatoms. The number of ether oxygens (including phenoxy) is 2. The Hall–Kier alpha value is -2.88. The Morgan fingerprint density at radius 2 is 2.04 bits per heavy atom. The Kier molecular flexibility index (Phi) is 6.73. The number of methoxy groups -OCH3 is 1. The molecule has 0 bridgehead atoms. The molecule has 0 aliphatic rings. The van der Waals surface area contributed by atoms with Crippen molar-refractivity contribution in [2.75, 3.05) is 19.0 Å². The van der Waals surface area contributed by atoms with Gasteiger partial charge in [-0.15, -0.1) is 0 Å². The standard InChI is InChI=1S/C16H14F2N2O5S/c1-24-10-6-7-13(12(8-10)20(22)23)25-9-15(21)19-11-4-2-3-5-14(11)26-16(17)18/h2-8,16H,9H2,1H3,(H,19,21). The van der Waals surface area contributed by atoms with Gasteiger partial charge in [-0.3, -0.25) is 14.9 Å². The number of thioether (sulfide) groups is 1. The lowest BCUT2D eigenvalue weighted by atomic mass is 10.3. The van der Waals surface area contributed by atoms with Crippen molar-refractivity contribution >= 4 is 29.0 Å². The normalized spacial score (nSPS) is 10.5. The summed E-state index contributed by atoms with van der Waals surface area (Å²) >= 11 is 0.300. The number of carbonyl (C=O) groups is 1. The van der Waals surface area contributed by atoms with Crippen LogP contribution in [-0.4, -0.2) is 30.3 Å². The second-order valence-corrected chi connectivity index (χ2v) is 5.83. The van der Waals surface area contributed by atoms with Gasteiger partial charge in [-0.2, -0.15) is 8.78 Å². The van der Waals surface area contributed by atoms with Crippen LogP contribution in [-0.2, 0) is 4.79 Å². The lowest BCUT2D eigenvalue weighted by Crippen LogP contribution is -2.20. The summed E-state index contributed by atoms with van der Waals surface area (Å²) in [4.78, 5) is 22.6. The van der Waals surface area contributed by atoms with Crippen molar-refractivity contribution in [3.63, 3.8) is 0 Å². The first-order valence-corrected chi connectivity index (χ1v) is 8.07. The summed E-state index contributed by atoms with van der Waals surface area (Å²) in [6, 6.07) is 10.00. The Morgan fingerprint density at radius 1 is 1.31 bits per heavy atom. The molecule has 1 N–H and O–H groups in total. The molecule has 138 valence electrons. The summed E-state index contributed by atoms with van der Waals surface area (Å²) < 4.78 is 35.2. The van der Waals surface area contributed by atoms with E-state index < -0.39 is 23.2 Å². The molecule has 0 spiro atoms. The molecule has 0 heterocycles. The van der Waals surface area contributed by atoms with Crippen LogP contribution in [0.5, 0.6) is 11.5 Å². The van der Waals surface area contributed by atoms with E-state index in [1.807, 2.05) is 0 Å². The third-order valence-corrected chi connectivity index (χ3v) is 3.89. The lowest BCUT2D eigenvalue weighted by Gasteiger charge is -2.11. The first kappa shape index (κ1) is 19.4. The molecule has 2 aromatic carbocycles. The smallest absolute Gasteiger partial charge is 0.314 e. The topological polar surface area (TPSA) is 90.7 Å². The number of alkyl halides is 2. The number of amides is 1. The fourth-order valence-electron chi connectivity index (χ4n) is 1.99. The van der Waals surface area contributed by atoms with Crippen LogP contribution in [0.1, 0.15) is 0 Å². The van der Waals surface area contributed by atoms with Gasteiger partial charge in [-0.25, -0.2) is 0 Å². The van der Waals surface area contributed by atoms with Crippen molar-refractivity contribution < 1.29 is 28.0 Å². The van der Waals surface area contributed by atoms with Gasteiger partial charge >= 0.3 is 5.69 Å². The molecule has 0 fully saturated rings. The Bertz CT molecular complexity index is 804. The van der Waals surface area contributed by atoms with Crippen LogP contribution >= 0.6 is 11.8 Å². The summed E-state index contributed by atoms with van der Waals surface area (Å²) in [7, 11) is 1.36. The van der Waals surface area contributed by atoms with Crippen molar-refractivity contribution in [3.05, 3.63) is 52.6 Å². The second-order valence-electron chi connectivity index (χ2n) is 4.80. The molecule has 0 saturated heterocycles. The number of carbonyl (C=O) groups excluding carboxylic acids is 1. The lowest BCUT2D eigenvalue weighted by molar-refractivity contribution is -0.385. The van der Waals surface area contributed by atoms with Gasteiger partial charge in [0, 0.05) is 4.90 Å². The highest BCUT2D eigenvalue weighted by molar-refractivity contribution is 7.99. The van der Waals surface area contributed by atoms with Gasteiger partial charge in [-0.05, 0) is 24.3 Å². The number of halogens is 2. The maximum Gasteiger partial charge on any atom is 0.314 e. The molecule has 0 atom stereocenters. The van der Waals surface area contributed by atoms with E-state index in [0.717, 1.165) is 0 Å². The van der Waals surface area contributed by atoms with Gasteiger partial charge in [0.15, 0.2) is 12.4 Å². The average molecular weight is 384 g/mol. The van der Waals surface area contributed by atoms with Crippen LogP contribution in [0.25, 0.3) is 0 Å². The molecule has 7 nitrogen and oxygen atoms in total. The van der Waals surface area contributed by atoms with E-state index in [2.05, 4.69) is 5.32 Å². The second kappa shape index (κ2) is 8.99. The molecular weight excluding hydrogens is 370 g/mol. The van der Waals surface area contributed by atoms with Crippen LogP contribution in [0.3, 0.4) is 0 Å². The fraction of sp³-hybridized carbons (Fsp3) is 0.188. The summed E-state index contributed by atoms with van der Waals surface area (Å²) in [5, 5.41) is 13.5. The minimum Gasteiger partial charge on any atom is -0.496 e. The molecule has 0 aromatic heterocycles. The van der Waals surface area contributed by atoms with E-state index in [4.69, 9.17) is 9.47 Å². The fourth-order valence-corrected chi connectivity index (χ4v) is 2.58. The number of benzene rings is 2. The number of nitro benzene ring substituents is 1. The molecule has 0 aliphatic heterocycles. The van der Waals surface area contributed by atoms with E-state index in [1.165, 1.54) is 37.4 Å². The molecule has 0 aliphatic carbocycles. The van der Waals surface area contributed by atoms with E-state index in [9.17, 15) is 23.7 Å². The number of rotatable bonds is 8. The van der Waals surface area contributed by atoms with Crippen LogP contribution in [0.4, 0.5) is 20.2 Å². The van der Waals surface area contributed by atoms with Crippen LogP contribution in [0.2, 0.25) is 0 Å². The highest BCUT2D eigenvalue weighted by Crippen LogP contribution is 2.32. The average Bonchev–Trinajstić information content (AvgIpc) is 2.61. The van der Waals surface area contributed by atoms with Crippen molar-refractivity contribution in [1.29, 1.82) is 0 Å². The molecule has 26 heavy (non-hydrogen) atoms. The number of hydrogen-bond donors (Lipinski definition) is 1. The highest BCUT2D eigenvalue weighted by atomic mass is 32.2. The Balaban J connectivity index is 2.05. The number of nitrogens with one attached hydrogen (secondary N) is 1. The molecular formula is C16H14F2N2O5S. The molecule has 0 unspecified atom stereocenters. The predicted molar refractivity (Wildman–Crippen MR) is 92.1 cm³/mol. The van der Waals surface area contributed by atoms with E-state index >= 15 is 0 Å². The van der Waals surface area contributed by atoms with Gasteiger partial charge < -0.3 is 14.8 Å². The van der Waals surface area contributed by atoms with Crippen molar-refractivity contribution in [2.24, 2.45) is 0 Å². The first-order chi connectivity index (χ1) is 12.4. The maximum absolute atomic E-state index is 12.5. The van der Waals surface area contributed by atoms with Gasteiger partial charge in [0.25, 0.3) is 11.7 Å². The molecule has 2 rings (SSSR count). The summed E-state index contributed by atoms with van der Waals surface area (Å²) in [6.45, 7) is -0.527. The predicted octanol–water partition coefficient (Wildman–Crippen LogP) is 3.94.